The van der Waals surface area contributed by atoms with Crippen LogP contribution in [-0.2, 0) is 11.3 Å². The summed E-state index contributed by atoms with van der Waals surface area (Å²) in [5.74, 6) is -0.0717. The predicted octanol–water partition coefficient (Wildman–Crippen LogP) is 3.42. The fourth-order valence-corrected chi connectivity index (χ4v) is 2.55. The molecular formula is C20H22N2O2. The molecule has 1 amide bonds. The van der Waals surface area contributed by atoms with Crippen LogP contribution in [0.2, 0.25) is 0 Å². The van der Waals surface area contributed by atoms with Crippen molar-refractivity contribution < 1.29 is 9.90 Å². The van der Waals surface area contributed by atoms with Crippen molar-refractivity contribution in [2.45, 2.75) is 32.4 Å². The summed E-state index contributed by atoms with van der Waals surface area (Å²) >= 11 is 0. The van der Waals surface area contributed by atoms with Crippen LogP contribution >= 0.6 is 0 Å². The highest BCUT2D eigenvalue weighted by atomic mass is 16.3. The molecule has 2 rings (SSSR count). The number of carbonyl (C=O) groups is 1. The summed E-state index contributed by atoms with van der Waals surface area (Å²) in [6.45, 7) is 3.15. The van der Waals surface area contributed by atoms with Crippen LogP contribution in [0.4, 0.5) is 0 Å². The Kier molecular flexibility index (Phi) is 6.53. The third kappa shape index (κ3) is 4.94. The summed E-state index contributed by atoms with van der Waals surface area (Å²) < 4.78 is 0. The quantitative estimate of drug-likeness (QED) is 0.849. The van der Waals surface area contributed by atoms with Gasteiger partial charge in [0.25, 0.3) is 0 Å². The summed E-state index contributed by atoms with van der Waals surface area (Å²) in [6, 6.07) is 18.5. The lowest BCUT2D eigenvalue weighted by molar-refractivity contribution is -0.134. The third-order valence-corrected chi connectivity index (χ3v) is 3.86. The van der Waals surface area contributed by atoms with Gasteiger partial charge in [0.15, 0.2) is 0 Å². The van der Waals surface area contributed by atoms with E-state index in [2.05, 4.69) is 6.07 Å². The average molecular weight is 322 g/mol. The highest BCUT2D eigenvalue weighted by Gasteiger charge is 2.18. The normalized spacial score (nSPS) is 11.5. The molecule has 0 heterocycles. The van der Waals surface area contributed by atoms with E-state index in [0.29, 0.717) is 18.7 Å². The second-order valence-electron chi connectivity index (χ2n) is 5.75. The number of rotatable bonds is 7. The molecule has 0 radical (unpaired) electrons. The van der Waals surface area contributed by atoms with Crippen molar-refractivity contribution in [2.24, 2.45) is 0 Å². The van der Waals surface area contributed by atoms with Gasteiger partial charge in [-0.2, -0.15) is 5.26 Å². The van der Waals surface area contributed by atoms with Gasteiger partial charge < -0.3 is 10.0 Å². The molecule has 0 fully saturated rings. The van der Waals surface area contributed by atoms with Crippen molar-refractivity contribution in [1.82, 2.24) is 4.90 Å². The minimum absolute atomic E-state index is 0.0697. The van der Waals surface area contributed by atoms with Crippen molar-refractivity contribution in [1.29, 1.82) is 5.26 Å². The topological polar surface area (TPSA) is 64.3 Å². The first-order valence-corrected chi connectivity index (χ1v) is 8.14. The molecular weight excluding hydrogens is 300 g/mol. The number of aliphatic hydroxyl groups excluding tert-OH is 1. The molecule has 0 saturated carbocycles. The lowest BCUT2D eigenvalue weighted by atomic mass is 10.1. The maximum Gasteiger partial charge on any atom is 0.225 e. The number of amides is 1. The van der Waals surface area contributed by atoms with Gasteiger partial charge in [-0.1, -0.05) is 49.4 Å². The van der Waals surface area contributed by atoms with E-state index in [-0.39, 0.29) is 12.3 Å². The highest BCUT2D eigenvalue weighted by molar-refractivity contribution is 5.77. The Hall–Kier alpha value is -2.64. The summed E-state index contributed by atoms with van der Waals surface area (Å²) in [6.07, 6.45) is 0.128. The zero-order chi connectivity index (χ0) is 17.4. The van der Waals surface area contributed by atoms with E-state index in [4.69, 9.17) is 5.26 Å². The molecule has 0 bridgehead atoms. The Labute approximate surface area is 143 Å². The van der Waals surface area contributed by atoms with Crippen LogP contribution in [0.15, 0.2) is 54.6 Å². The molecule has 1 N–H and O–H groups in total. The number of benzene rings is 2. The van der Waals surface area contributed by atoms with E-state index in [9.17, 15) is 9.90 Å². The molecule has 124 valence electrons. The summed E-state index contributed by atoms with van der Waals surface area (Å²) in [7, 11) is 0. The van der Waals surface area contributed by atoms with Crippen LogP contribution in [-0.4, -0.2) is 22.5 Å². The molecule has 1 atom stereocenters. The maximum absolute atomic E-state index is 12.6. The fourth-order valence-electron chi connectivity index (χ4n) is 2.55. The van der Waals surface area contributed by atoms with Crippen molar-refractivity contribution in [3.05, 3.63) is 71.3 Å². The molecule has 0 spiro atoms. The summed E-state index contributed by atoms with van der Waals surface area (Å²) in [4.78, 5) is 14.3. The molecule has 2 aromatic rings. The zero-order valence-corrected chi connectivity index (χ0v) is 13.9. The average Bonchev–Trinajstić information content (AvgIpc) is 2.62. The van der Waals surface area contributed by atoms with E-state index in [1.54, 1.807) is 17.0 Å². The standard InChI is InChI=1S/C20H22N2O2/c1-2-12-22(15-17-10-8-16(14-21)9-11-17)20(24)13-19(23)18-6-4-3-5-7-18/h3-11,19,23H,2,12-13,15H2,1H3. The Bertz CT molecular complexity index is 690. The molecule has 1 unspecified atom stereocenters. The van der Waals surface area contributed by atoms with Gasteiger partial charge in [0.1, 0.15) is 0 Å². The SMILES string of the molecule is CCCN(Cc1ccc(C#N)cc1)C(=O)CC(O)c1ccccc1. The van der Waals surface area contributed by atoms with E-state index < -0.39 is 6.10 Å². The number of hydrogen-bond donors (Lipinski definition) is 1. The number of aliphatic hydroxyl groups is 1. The van der Waals surface area contributed by atoms with Gasteiger partial charge >= 0.3 is 0 Å². The van der Waals surface area contributed by atoms with Crippen LogP contribution in [0.1, 0.15) is 42.6 Å². The lowest BCUT2D eigenvalue weighted by Gasteiger charge is -2.24. The van der Waals surface area contributed by atoms with Gasteiger partial charge in [-0.3, -0.25) is 4.79 Å². The summed E-state index contributed by atoms with van der Waals surface area (Å²) in [5.41, 5.74) is 2.33. The van der Waals surface area contributed by atoms with Crippen LogP contribution in [0.25, 0.3) is 0 Å². The summed E-state index contributed by atoms with van der Waals surface area (Å²) in [5, 5.41) is 19.1. The minimum Gasteiger partial charge on any atom is -0.388 e. The van der Waals surface area contributed by atoms with E-state index >= 15 is 0 Å². The second kappa shape index (κ2) is 8.85. The van der Waals surface area contributed by atoms with E-state index in [0.717, 1.165) is 17.5 Å². The number of hydrogen-bond acceptors (Lipinski definition) is 3. The van der Waals surface area contributed by atoms with Gasteiger partial charge in [-0.25, -0.2) is 0 Å². The predicted molar refractivity (Wildman–Crippen MR) is 92.9 cm³/mol. The first-order chi connectivity index (χ1) is 11.6. The van der Waals surface area contributed by atoms with Crippen LogP contribution in [0.3, 0.4) is 0 Å². The van der Waals surface area contributed by atoms with E-state index in [1.165, 1.54) is 0 Å². The molecule has 4 heteroatoms. The molecule has 0 aliphatic heterocycles. The number of nitriles is 1. The highest BCUT2D eigenvalue weighted by Crippen LogP contribution is 2.18. The Morgan fingerprint density at radius 2 is 1.83 bits per heavy atom. The fraction of sp³-hybridized carbons (Fsp3) is 0.300. The van der Waals surface area contributed by atoms with Crippen molar-refractivity contribution in [3.63, 3.8) is 0 Å². The Morgan fingerprint density at radius 1 is 1.17 bits per heavy atom. The maximum atomic E-state index is 12.6. The van der Waals surface area contributed by atoms with Gasteiger partial charge in [0.05, 0.1) is 24.2 Å². The smallest absolute Gasteiger partial charge is 0.225 e. The first kappa shape index (κ1) is 17.7. The van der Waals surface area contributed by atoms with Gasteiger partial charge in [-0.05, 0) is 29.7 Å². The number of nitrogens with zero attached hydrogens (tertiary/aromatic N) is 2. The molecule has 0 aliphatic rings. The molecule has 0 aromatic heterocycles. The zero-order valence-electron chi connectivity index (χ0n) is 13.9. The van der Waals surface area contributed by atoms with Crippen molar-refractivity contribution >= 4 is 5.91 Å². The van der Waals surface area contributed by atoms with Crippen molar-refractivity contribution in [3.8, 4) is 6.07 Å². The number of carbonyl (C=O) groups excluding carboxylic acids is 1. The monoisotopic (exact) mass is 322 g/mol. The van der Waals surface area contributed by atoms with Crippen LogP contribution in [0, 0.1) is 11.3 Å². The van der Waals surface area contributed by atoms with Gasteiger partial charge in [0, 0.05) is 13.1 Å². The third-order valence-electron chi connectivity index (χ3n) is 3.86. The van der Waals surface area contributed by atoms with Gasteiger partial charge in [0.2, 0.25) is 5.91 Å². The Morgan fingerprint density at radius 3 is 2.42 bits per heavy atom. The first-order valence-electron chi connectivity index (χ1n) is 8.14. The molecule has 24 heavy (non-hydrogen) atoms. The molecule has 4 nitrogen and oxygen atoms in total. The molecule has 2 aromatic carbocycles. The van der Waals surface area contributed by atoms with Gasteiger partial charge in [-0.15, -0.1) is 0 Å². The molecule has 0 saturated heterocycles. The van der Waals surface area contributed by atoms with Crippen LogP contribution < -0.4 is 0 Å². The lowest BCUT2D eigenvalue weighted by Crippen LogP contribution is -2.32. The second-order valence-corrected chi connectivity index (χ2v) is 5.75. The Balaban J connectivity index is 2.03. The van der Waals surface area contributed by atoms with Crippen LogP contribution in [0.5, 0.6) is 0 Å². The van der Waals surface area contributed by atoms with Crippen molar-refractivity contribution in [2.75, 3.05) is 6.54 Å². The largest absolute Gasteiger partial charge is 0.388 e. The minimum atomic E-state index is -0.793. The van der Waals surface area contributed by atoms with E-state index in [1.807, 2.05) is 49.4 Å². The molecule has 0 aliphatic carbocycles.